The molecule has 0 radical (unpaired) electrons. The maximum absolute atomic E-state index is 6.40. The predicted molar refractivity (Wildman–Crippen MR) is 86.9 cm³/mol. The molecule has 1 aliphatic rings. The lowest BCUT2D eigenvalue weighted by Crippen LogP contribution is -2.32. The van der Waals surface area contributed by atoms with Gasteiger partial charge in [0.15, 0.2) is 0 Å². The van der Waals surface area contributed by atoms with Gasteiger partial charge in [0.25, 0.3) is 0 Å². The summed E-state index contributed by atoms with van der Waals surface area (Å²) in [7, 11) is 0. The number of rotatable bonds is 3. The first-order valence-corrected chi connectivity index (χ1v) is 7.53. The van der Waals surface area contributed by atoms with Crippen molar-refractivity contribution in [1.82, 2.24) is 0 Å². The molecule has 1 atom stereocenters. The molecule has 2 aromatic rings. The van der Waals surface area contributed by atoms with E-state index < -0.39 is 0 Å². The Bertz CT molecular complexity index is 594. The van der Waals surface area contributed by atoms with E-state index in [1.165, 1.54) is 11.1 Å². The fraction of sp³-hybridized carbons (Fsp3) is 0.333. The summed E-state index contributed by atoms with van der Waals surface area (Å²) in [6.45, 7) is 4.66. The summed E-state index contributed by atoms with van der Waals surface area (Å²) in [5, 5.41) is 0. The molecule has 3 nitrogen and oxygen atoms in total. The highest BCUT2D eigenvalue weighted by atomic mass is 16.5. The zero-order chi connectivity index (χ0) is 14.7. The molecular weight excluding hydrogens is 260 g/mol. The topological polar surface area (TPSA) is 38.5 Å². The van der Waals surface area contributed by atoms with Gasteiger partial charge in [-0.15, -0.1) is 0 Å². The molecule has 0 aromatic heterocycles. The van der Waals surface area contributed by atoms with Crippen molar-refractivity contribution in [1.29, 1.82) is 0 Å². The zero-order valence-corrected chi connectivity index (χ0v) is 12.5. The lowest BCUT2D eigenvalue weighted by Gasteiger charge is -2.27. The van der Waals surface area contributed by atoms with E-state index in [1.807, 2.05) is 12.1 Å². The van der Waals surface area contributed by atoms with Gasteiger partial charge >= 0.3 is 0 Å². The number of fused-ring (bicyclic) bond motifs is 1. The van der Waals surface area contributed by atoms with E-state index in [0.29, 0.717) is 0 Å². The fourth-order valence-electron chi connectivity index (χ4n) is 2.74. The summed E-state index contributed by atoms with van der Waals surface area (Å²) >= 11 is 0. The smallest absolute Gasteiger partial charge is 0.142 e. The normalized spacial score (nSPS) is 15.8. The Kier molecular flexibility index (Phi) is 4.11. The van der Waals surface area contributed by atoms with Gasteiger partial charge in [-0.3, -0.25) is 0 Å². The van der Waals surface area contributed by atoms with Crippen molar-refractivity contribution in [3.05, 3.63) is 59.7 Å². The SMILES string of the molecule is Cc1ccc(C(N)CN2CCCOc3ccccc32)cc1. The summed E-state index contributed by atoms with van der Waals surface area (Å²) in [6, 6.07) is 16.7. The summed E-state index contributed by atoms with van der Waals surface area (Å²) < 4.78 is 5.80. The molecule has 1 unspecified atom stereocenters. The highest BCUT2D eigenvalue weighted by Crippen LogP contribution is 2.31. The molecule has 21 heavy (non-hydrogen) atoms. The molecule has 3 rings (SSSR count). The van der Waals surface area contributed by atoms with Crippen LogP contribution in [0.25, 0.3) is 0 Å². The van der Waals surface area contributed by atoms with E-state index in [4.69, 9.17) is 10.5 Å². The lowest BCUT2D eigenvalue weighted by molar-refractivity contribution is 0.322. The van der Waals surface area contributed by atoms with Crippen molar-refractivity contribution in [2.24, 2.45) is 5.73 Å². The Labute approximate surface area is 126 Å². The van der Waals surface area contributed by atoms with E-state index in [-0.39, 0.29) is 6.04 Å². The van der Waals surface area contributed by atoms with E-state index in [2.05, 4.69) is 48.2 Å². The minimum absolute atomic E-state index is 0.0109. The monoisotopic (exact) mass is 282 g/mol. The number of hydrogen-bond acceptors (Lipinski definition) is 3. The Balaban J connectivity index is 1.79. The van der Waals surface area contributed by atoms with Gasteiger partial charge in [0.1, 0.15) is 5.75 Å². The molecule has 0 saturated heterocycles. The Morgan fingerprint density at radius 2 is 1.90 bits per heavy atom. The van der Waals surface area contributed by atoms with Gasteiger partial charge in [0.2, 0.25) is 0 Å². The van der Waals surface area contributed by atoms with E-state index in [1.54, 1.807) is 0 Å². The second kappa shape index (κ2) is 6.19. The number of nitrogens with two attached hydrogens (primary N) is 1. The summed E-state index contributed by atoms with van der Waals surface area (Å²) in [5.74, 6) is 0.964. The van der Waals surface area contributed by atoms with Crippen LogP contribution in [0.4, 0.5) is 5.69 Å². The van der Waals surface area contributed by atoms with Crippen molar-refractivity contribution < 1.29 is 4.74 Å². The third-order valence-electron chi connectivity index (χ3n) is 3.96. The van der Waals surface area contributed by atoms with Crippen molar-refractivity contribution >= 4 is 5.69 Å². The maximum Gasteiger partial charge on any atom is 0.142 e. The van der Waals surface area contributed by atoms with Gasteiger partial charge in [0, 0.05) is 19.1 Å². The van der Waals surface area contributed by atoms with Crippen LogP contribution >= 0.6 is 0 Å². The number of benzene rings is 2. The molecular formula is C18H22N2O. The molecule has 0 spiro atoms. The quantitative estimate of drug-likeness (QED) is 0.939. The van der Waals surface area contributed by atoms with Crippen LogP contribution in [0.1, 0.15) is 23.6 Å². The van der Waals surface area contributed by atoms with E-state index >= 15 is 0 Å². The number of nitrogens with zero attached hydrogens (tertiary/aromatic N) is 1. The minimum atomic E-state index is 0.0109. The first-order chi connectivity index (χ1) is 10.2. The lowest BCUT2D eigenvalue weighted by atomic mass is 10.0. The predicted octanol–water partition coefficient (Wildman–Crippen LogP) is 3.28. The van der Waals surface area contributed by atoms with E-state index in [0.717, 1.165) is 37.6 Å². The van der Waals surface area contributed by atoms with Crippen LogP contribution in [0.5, 0.6) is 5.75 Å². The molecule has 0 fully saturated rings. The average Bonchev–Trinajstić information content (AvgIpc) is 2.71. The molecule has 0 aliphatic carbocycles. The van der Waals surface area contributed by atoms with Crippen molar-refractivity contribution in [3.8, 4) is 5.75 Å². The van der Waals surface area contributed by atoms with Crippen LogP contribution in [0.3, 0.4) is 0 Å². The zero-order valence-electron chi connectivity index (χ0n) is 12.5. The molecule has 0 saturated carbocycles. The molecule has 2 aromatic carbocycles. The number of anilines is 1. The molecule has 0 bridgehead atoms. The highest BCUT2D eigenvalue weighted by molar-refractivity contribution is 5.59. The molecule has 3 heteroatoms. The van der Waals surface area contributed by atoms with Crippen molar-refractivity contribution in [2.75, 3.05) is 24.6 Å². The molecule has 110 valence electrons. The van der Waals surface area contributed by atoms with Crippen LogP contribution in [-0.2, 0) is 0 Å². The third-order valence-corrected chi connectivity index (χ3v) is 3.96. The van der Waals surface area contributed by atoms with Crippen LogP contribution < -0.4 is 15.4 Å². The van der Waals surface area contributed by atoms with Crippen LogP contribution in [0.15, 0.2) is 48.5 Å². The highest BCUT2D eigenvalue weighted by Gasteiger charge is 2.18. The second-order valence-corrected chi connectivity index (χ2v) is 5.63. The second-order valence-electron chi connectivity index (χ2n) is 5.63. The Morgan fingerprint density at radius 3 is 2.71 bits per heavy atom. The minimum Gasteiger partial charge on any atom is -0.491 e. The van der Waals surface area contributed by atoms with Gasteiger partial charge in [-0.2, -0.15) is 0 Å². The number of hydrogen-bond donors (Lipinski definition) is 1. The van der Waals surface area contributed by atoms with Crippen molar-refractivity contribution in [2.45, 2.75) is 19.4 Å². The average molecular weight is 282 g/mol. The summed E-state index contributed by atoms with van der Waals surface area (Å²) in [5.41, 5.74) is 10.00. The standard InChI is InChI=1S/C18H22N2O/c1-14-7-9-15(10-8-14)16(19)13-20-11-4-12-21-18-6-3-2-5-17(18)20/h2-3,5-10,16H,4,11-13,19H2,1H3. The fourth-order valence-corrected chi connectivity index (χ4v) is 2.74. The summed E-state index contributed by atoms with van der Waals surface area (Å²) in [4.78, 5) is 2.34. The molecule has 1 heterocycles. The van der Waals surface area contributed by atoms with Gasteiger partial charge in [-0.05, 0) is 31.0 Å². The first-order valence-electron chi connectivity index (χ1n) is 7.53. The number of ether oxygens (including phenoxy) is 1. The summed E-state index contributed by atoms with van der Waals surface area (Å²) in [6.07, 6.45) is 1.02. The van der Waals surface area contributed by atoms with Gasteiger partial charge in [-0.25, -0.2) is 0 Å². The number of aryl methyl sites for hydroxylation is 1. The Morgan fingerprint density at radius 1 is 1.14 bits per heavy atom. The largest absolute Gasteiger partial charge is 0.491 e. The number of para-hydroxylation sites is 2. The van der Waals surface area contributed by atoms with E-state index in [9.17, 15) is 0 Å². The van der Waals surface area contributed by atoms with Crippen LogP contribution in [-0.4, -0.2) is 19.7 Å². The van der Waals surface area contributed by atoms with Gasteiger partial charge in [0.05, 0.1) is 12.3 Å². The third kappa shape index (κ3) is 3.19. The van der Waals surface area contributed by atoms with Crippen LogP contribution in [0, 0.1) is 6.92 Å². The van der Waals surface area contributed by atoms with Gasteiger partial charge < -0.3 is 15.4 Å². The first kappa shape index (κ1) is 14.0. The van der Waals surface area contributed by atoms with Gasteiger partial charge in [-0.1, -0.05) is 42.0 Å². The Hall–Kier alpha value is -2.00. The molecule has 2 N–H and O–H groups in total. The van der Waals surface area contributed by atoms with Crippen molar-refractivity contribution in [3.63, 3.8) is 0 Å². The molecule has 1 aliphatic heterocycles. The maximum atomic E-state index is 6.40. The van der Waals surface area contributed by atoms with Crippen LogP contribution in [0.2, 0.25) is 0 Å². The molecule has 0 amide bonds.